The molecular formula is C24H19FN4O2S. The van der Waals surface area contributed by atoms with Gasteiger partial charge in [0.15, 0.2) is 0 Å². The fraction of sp³-hybridized carbons (Fsp3) is 0.0833. The van der Waals surface area contributed by atoms with Crippen molar-refractivity contribution in [1.82, 2.24) is 15.3 Å². The van der Waals surface area contributed by atoms with Gasteiger partial charge in [0.05, 0.1) is 21.5 Å². The lowest BCUT2D eigenvalue weighted by atomic mass is 9.97. The number of nitrogens with one attached hydrogen (secondary N) is 2. The zero-order chi connectivity index (χ0) is 22.5. The normalized spacial score (nSPS) is 11.7. The number of carbonyl (C=O) groups excluding carboxylic acids is 1. The van der Waals surface area contributed by atoms with Crippen molar-refractivity contribution in [2.75, 3.05) is 0 Å². The van der Waals surface area contributed by atoms with Crippen molar-refractivity contribution >= 4 is 23.0 Å². The van der Waals surface area contributed by atoms with Gasteiger partial charge in [0.1, 0.15) is 11.6 Å². The zero-order valence-electron chi connectivity index (χ0n) is 16.8. The molecule has 6 nitrogen and oxygen atoms in total. The molecule has 0 bridgehead atoms. The van der Waals surface area contributed by atoms with E-state index in [-0.39, 0.29) is 29.4 Å². The van der Waals surface area contributed by atoms with Crippen molar-refractivity contribution in [2.24, 2.45) is 0 Å². The van der Waals surface area contributed by atoms with Crippen molar-refractivity contribution in [1.29, 1.82) is 5.41 Å². The molecule has 0 saturated heterocycles. The van der Waals surface area contributed by atoms with Crippen molar-refractivity contribution in [3.63, 3.8) is 0 Å². The molecule has 3 heterocycles. The van der Waals surface area contributed by atoms with Gasteiger partial charge in [-0.15, -0.1) is 11.3 Å². The van der Waals surface area contributed by atoms with E-state index in [2.05, 4.69) is 15.3 Å². The van der Waals surface area contributed by atoms with E-state index in [9.17, 15) is 14.3 Å². The van der Waals surface area contributed by atoms with Crippen molar-refractivity contribution in [3.05, 3.63) is 101 Å². The number of aromatic nitrogens is 2. The molecule has 32 heavy (non-hydrogen) atoms. The molecule has 3 N–H and O–H groups in total. The van der Waals surface area contributed by atoms with Crippen LogP contribution in [0.3, 0.4) is 0 Å². The van der Waals surface area contributed by atoms with E-state index < -0.39 is 11.9 Å². The summed E-state index contributed by atoms with van der Waals surface area (Å²) >= 11 is 1.28. The number of halogens is 1. The number of benzene rings is 1. The quantitative estimate of drug-likeness (QED) is 0.349. The van der Waals surface area contributed by atoms with Crippen LogP contribution in [0.5, 0.6) is 5.75 Å². The highest BCUT2D eigenvalue weighted by Crippen LogP contribution is 2.30. The van der Waals surface area contributed by atoms with Crippen LogP contribution >= 0.6 is 11.3 Å². The van der Waals surface area contributed by atoms with Gasteiger partial charge >= 0.3 is 0 Å². The van der Waals surface area contributed by atoms with Crippen LogP contribution < -0.4 is 5.32 Å². The van der Waals surface area contributed by atoms with Crippen LogP contribution in [-0.2, 0) is 0 Å². The van der Waals surface area contributed by atoms with Crippen molar-refractivity contribution < 1.29 is 14.3 Å². The molecule has 4 aromatic rings. The first-order valence-corrected chi connectivity index (χ1v) is 10.6. The van der Waals surface area contributed by atoms with Gasteiger partial charge in [0.25, 0.3) is 5.91 Å². The fourth-order valence-corrected chi connectivity index (χ4v) is 4.13. The standard InChI is InChI=1S/C24H19FN4O2S/c25-16-6-7-21(30)17(12-16)20(13-18(26)15-4-3-10-27-14-15)29-24(31)23-9-8-22(32-23)19-5-1-2-11-28-19/h1-12,14,20,26,30H,13H2,(H,29,31). The second-order valence-corrected chi connectivity index (χ2v) is 8.12. The molecule has 0 aliphatic carbocycles. The Balaban J connectivity index is 1.60. The van der Waals surface area contributed by atoms with Crippen LogP contribution in [0.1, 0.15) is 33.3 Å². The fourth-order valence-electron chi connectivity index (χ4n) is 3.24. The van der Waals surface area contributed by atoms with Crippen LogP contribution in [0.4, 0.5) is 4.39 Å². The summed E-state index contributed by atoms with van der Waals surface area (Å²) in [5.41, 5.74) is 1.74. The summed E-state index contributed by atoms with van der Waals surface area (Å²) in [5.74, 6) is -1.08. The molecule has 0 aliphatic heterocycles. The third-order valence-electron chi connectivity index (χ3n) is 4.84. The summed E-state index contributed by atoms with van der Waals surface area (Å²) in [6, 6.07) is 15.2. The van der Waals surface area contributed by atoms with Crippen LogP contribution in [-0.4, -0.2) is 26.7 Å². The van der Waals surface area contributed by atoms with Crippen LogP contribution in [0.2, 0.25) is 0 Å². The third kappa shape index (κ3) is 4.87. The lowest BCUT2D eigenvalue weighted by molar-refractivity contribution is 0.0941. The van der Waals surface area contributed by atoms with E-state index in [4.69, 9.17) is 5.41 Å². The molecular weight excluding hydrogens is 427 g/mol. The van der Waals surface area contributed by atoms with E-state index in [1.54, 1.807) is 36.8 Å². The Labute approximate surface area is 187 Å². The van der Waals surface area contributed by atoms with Gasteiger partial charge in [-0.25, -0.2) is 4.39 Å². The highest BCUT2D eigenvalue weighted by atomic mass is 32.1. The first kappa shape index (κ1) is 21.3. The molecule has 8 heteroatoms. The minimum absolute atomic E-state index is 0.0485. The number of pyridine rings is 2. The summed E-state index contributed by atoms with van der Waals surface area (Å²) < 4.78 is 13.9. The molecule has 1 unspecified atom stereocenters. The lowest BCUT2D eigenvalue weighted by Crippen LogP contribution is -2.30. The third-order valence-corrected chi connectivity index (χ3v) is 5.94. The number of carbonyl (C=O) groups is 1. The van der Waals surface area contributed by atoms with Gasteiger partial charge in [-0.1, -0.05) is 12.1 Å². The minimum atomic E-state index is -0.814. The summed E-state index contributed by atoms with van der Waals surface area (Å²) in [4.78, 5) is 22.6. The number of aromatic hydroxyl groups is 1. The lowest BCUT2D eigenvalue weighted by Gasteiger charge is -2.20. The summed E-state index contributed by atoms with van der Waals surface area (Å²) in [7, 11) is 0. The largest absolute Gasteiger partial charge is 0.508 e. The number of amides is 1. The number of thiophene rings is 1. The average Bonchev–Trinajstić information content (AvgIpc) is 3.32. The van der Waals surface area contributed by atoms with Crippen LogP contribution in [0.25, 0.3) is 10.6 Å². The van der Waals surface area contributed by atoms with E-state index in [1.165, 1.54) is 23.5 Å². The topological polar surface area (TPSA) is 99.0 Å². The molecule has 0 radical (unpaired) electrons. The summed E-state index contributed by atoms with van der Waals surface area (Å²) in [6.07, 6.45) is 4.88. The minimum Gasteiger partial charge on any atom is -0.508 e. The molecule has 0 aliphatic rings. The number of phenols is 1. The molecule has 3 aromatic heterocycles. The molecule has 1 amide bonds. The van der Waals surface area contributed by atoms with Crippen LogP contribution in [0.15, 0.2) is 79.3 Å². The van der Waals surface area contributed by atoms with Gasteiger partial charge in [-0.05, 0) is 48.5 Å². The first-order valence-electron chi connectivity index (χ1n) is 9.79. The number of hydrogen-bond acceptors (Lipinski definition) is 6. The van der Waals surface area contributed by atoms with E-state index in [1.807, 2.05) is 24.3 Å². The highest BCUT2D eigenvalue weighted by Gasteiger charge is 2.23. The Morgan fingerprint density at radius 2 is 2.00 bits per heavy atom. The highest BCUT2D eigenvalue weighted by molar-refractivity contribution is 7.17. The van der Waals surface area contributed by atoms with E-state index >= 15 is 0 Å². The molecule has 160 valence electrons. The Kier molecular flexibility index (Phi) is 6.32. The zero-order valence-corrected chi connectivity index (χ0v) is 17.6. The Bertz CT molecular complexity index is 1250. The predicted molar refractivity (Wildman–Crippen MR) is 122 cm³/mol. The summed E-state index contributed by atoms with van der Waals surface area (Å²) in [5, 5.41) is 21.6. The van der Waals surface area contributed by atoms with Gasteiger partial charge in [-0.3, -0.25) is 14.8 Å². The number of phenolic OH excluding ortho intramolecular Hbond substituents is 1. The second-order valence-electron chi connectivity index (χ2n) is 7.03. The molecule has 4 rings (SSSR count). The SMILES string of the molecule is N=C(CC(NC(=O)c1ccc(-c2ccccn2)s1)c1cc(F)ccc1O)c1cccnc1. The van der Waals surface area contributed by atoms with Crippen molar-refractivity contribution in [3.8, 4) is 16.3 Å². The van der Waals surface area contributed by atoms with Gasteiger partial charge in [0, 0.05) is 41.8 Å². The summed E-state index contributed by atoms with van der Waals surface area (Å²) in [6.45, 7) is 0. The first-order chi connectivity index (χ1) is 15.5. The molecule has 0 saturated carbocycles. The maximum atomic E-state index is 13.9. The van der Waals surface area contributed by atoms with E-state index in [0.717, 1.165) is 16.6 Å². The molecule has 1 atom stereocenters. The monoisotopic (exact) mass is 446 g/mol. The maximum Gasteiger partial charge on any atom is 0.261 e. The Morgan fingerprint density at radius 1 is 1.12 bits per heavy atom. The van der Waals surface area contributed by atoms with E-state index in [0.29, 0.717) is 10.4 Å². The molecule has 0 fully saturated rings. The average molecular weight is 447 g/mol. The number of rotatable bonds is 7. The predicted octanol–water partition coefficient (Wildman–Crippen LogP) is 4.98. The van der Waals surface area contributed by atoms with Gasteiger partial charge in [-0.2, -0.15) is 0 Å². The Hall–Kier alpha value is -3.91. The van der Waals surface area contributed by atoms with Gasteiger partial charge < -0.3 is 15.8 Å². The molecule has 0 spiro atoms. The number of hydrogen-bond donors (Lipinski definition) is 3. The smallest absolute Gasteiger partial charge is 0.261 e. The number of nitrogens with zero attached hydrogens (tertiary/aromatic N) is 2. The van der Waals surface area contributed by atoms with Crippen LogP contribution in [0, 0.1) is 11.2 Å². The maximum absolute atomic E-state index is 13.9. The second kappa shape index (κ2) is 9.49. The van der Waals surface area contributed by atoms with Crippen molar-refractivity contribution in [2.45, 2.75) is 12.5 Å². The van der Waals surface area contributed by atoms with Gasteiger partial charge in [0.2, 0.25) is 0 Å². The Morgan fingerprint density at radius 3 is 2.75 bits per heavy atom. The molecule has 1 aromatic carbocycles.